The molecule has 0 heterocycles. The quantitative estimate of drug-likeness (QED) is 0.811. The topological polar surface area (TPSA) is 64.8 Å². The lowest BCUT2D eigenvalue weighted by molar-refractivity contribution is -0.130. The van der Waals surface area contributed by atoms with E-state index in [0.29, 0.717) is 18.1 Å². The van der Waals surface area contributed by atoms with Crippen molar-refractivity contribution in [1.29, 1.82) is 0 Å². The number of nitrogens with two attached hydrogens (primary N) is 1. The molecule has 0 saturated carbocycles. The molecule has 0 aromatic heterocycles. The molecule has 0 radical (unpaired) electrons. The van der Waals surface area contributed by atoms with E-state index in [0.717, 1.165) is 16.5 Å². The first-order valence-corrected chi connectivity index (χ1v) is 7.68. The number of ether oxygens (including phenoxy) is 2. The highest BCUT2D eigenvalue weighted by Gasteiger charge is 2.15. The third kappa shape index (κ3) is 5.55. The van der Waals surface area contributed by atoms with Crippen molar-refractivity contribution in [1.82, 2.24) is 4.90 Å². The Morgan fingerprint density at radius 3 is 2.57 bits per heavy atom. The Morgan fingerprint density at radius 2 is 2.05 bits per heavy atom. The van der Waals surface area contributed by atoms with Crippen LogP contribution < -0.4 is 15.2 Å². The second kappa shape index (κ2) is 8.24. The molecule has 5 nitrogen and oxygen atoms in total. The smallest absolute Gasteiger partial charge is 0.259 e. The predicted molar refractivity (Wildman–Crippen MR) is 86.9 cm³/mol. The minimum absolute atomic E-state index is 0.0295. The van der Waals surface area contributed by atoms with Crippen LogP contribution in [-0.4, -0.2) is 44.2 Å². The molecule has 1 aromatic carbocycles. The van der Waals surface area contributed by atoms with Crippen molar-refractivity contribution in [3.8, 4) is 11.5 Å². The first-order valence-electron chi connectivity index (χ1n) is 6.88. The van der Waals surface area contributed by atoms with Crippen molar-refractivity contribution in [3.63, 3.8) is 0 Å². The monoisotopic (exact) mass is 358 g/mol. The SMILES string of the molecule is CCOc1cc(CC(C)N)cc(Br)c1OCC(=O)N(C)C. The van der Waals surface area contributed by atoms with Gasteiger partial charge in [-0.3, -0.25) is 4.79 Å². The van der Waals surface area contributed by atoms with Crippen LogP contribution in [0.2, 0.25) is 0 Å². The molecule has 118 valence electrons. The third-order valence-electron chi connectivity index (χ3n) is 2.77. The molecule has 6 heteroatoms. The number of hydrogen-bond acceptors (Lipinski definition) is 4. The van der Waals surface area contributed by atoms with E-state index in [4.69, 9.17) is 15.2 Å². The maximum absolute atomic E-state index is 11.6. The van der Waals surface area contributed by atoms with Gasteiger partial charge in [-0.2, -0.15) is 0 Å². The van der Waals surface area contributed by atoms with Crippen LogP contribution in [0.3, 0.4) is 0 Å². The molecule has 21 heavy (non-hydrogen) atoms. The highest BCUT2D eigenvalue weighted by Crippen LogP contribution is 2.37. The van der Waals surface area contributed by atoms with Gasteiger partial charge in [0.25, 0.3) is 5.91 Å². The number of likely N-dealkylation sites (N-methyl/N-ethyl adjacent to an activating group) is 1. The Hall–Kier alpha value is -1.27. The van der Waals surface area contributed by atoms with Gasteiger partial charge in [0.1, 0.15) is 0 Å². The molecule has 0 fully saturated rings. The summed E-state index contributed by atoms with van der Waals surface area (Å²) < 4.78 is 12.0. The summed E-state index contributed by atoms with van der Waals surface area (Å²) in [5, 5.41) is 0. The first kappa shape index (κ1) is 17.8. The molecule has 1 aromatic rings. The number of hydrogen-bond donors (Lipinski definition) is 1. The highest BCUT2D eigenvalue weighted by molar-refractivity contribution is 9.10. The Bertz CT molecular complexity index is 490. The number of rotatable bonds is 7. The second-order valence-corrected chi connectivity index (χ2v) is 5.95. The van der Waals surface area contributed by atoms with Crippen LogP contribution in [0.25, 0.3) is 0 Å². The van der Waals surface area contributed by atoms with Gasteiger partial charge in [-0.05, 0) is 53.9 Å². The van der Waals surface area contributed by atoms with Crippen LogP contribution >= 0.6 is 15.9 Å². The Kier molecular flexibility index (Phi) is 6.98. The molecule has 0 aliphatic heterocycles. The van der Waals surface area contributed by atoms with Gasteiger partial charge in [0.15, 0.2) is 18.1 Å². The summed E-state index contributed by atoms with van der Waals surface area (Å²) in [6.45, 7) is 4.35. The maximum atomic E-state index is 11.6. The fourth-order valence-corrected chi connectivity index (χ4v) is 2.38. The predicted octanol–water partition coefficient (Wildman–Crippen LogP) is 2.20. The Morgan fingerprint density at radius 1 is 1.38 bits per heavy atom. The largest absolute Gasteiger partial charge is 0.490 e. The lowest BCUT2D eigenvalue weighted by atomic mass is 10.1. The fraction of sp³-hybridized carbons (Fsp3) is 0.533. The molecule has 0 aliphatic rings. The van der Waals surface area contributed by atoms with E-state index in [1.165, 1.54) is 4.90 Å². The molecule has 1 rings (SSSR count). The molecule has 0 saturated heterocycles. The van der Waals surface area contributed by atoms with Crippen LogP contribution in [0.5, 0.6) is 11.5 Å². The zero-order chi connectivity index (χ0) is 16.0. The van der Waals surface area contributed by atoms with Crippen LogP contribution in [0, 0.1) is 0 Å². The summed E-state index contributed by atoms with van der Waals surface area (Å²) in [5.74, 6) is 1.05. The fourth-order valence-electron chi connectivity index (χ4n) is 1.78. The average Bonchev–Trinajstić information content (AvgIpc) is 2.36. The summed E-state index contributed by atoms with van der Waals surface area (Å²) >= 11 is 3.47. The Balaban J connectivity index is 2.98. The number of carbonyl (C=O) groups excluding carboxylic acids is 1. The van der Waals surface area contributed by atoms with E-state index < -0.39 is 0 Å². The minimum Gasteiger partial charge on any atom is -0.490 e. The summed E-state index contributed by atoms with van der Waals surface area (Å²) in [6, 6.07) is 3.92. The van der Waals surface area contributed by atoms with Crippen molar-refractivity contribution < 1.29 is 14.3 Å². The van der Waals surface area contributed by atoms with E-state index >= 15 is 0 Å². The summed E-state index contributed by atoms with van der Waals surface area (Å²) in [6.07, 6.45) is 0.746. The molecule has 0 aliphatic carbocycles. The lowest BCUT2D eigenvalue weighted by Gasteiger charge is -2.17. The van der Waals surface area contributed by atoms with Gasteiger partial charge in [0, 0.05) is 20.1 Å². The summed E-state index contributed by atoms with van der Waals surface area (Å²) in [4.78, 5) is 13.1. The third-order valence-corrected chi connectivity index (χ3v) is 3.35. The van der Waals surface area contributed by atoms with Crippen molar-refractivity contribution in [2.45, 2.75) is 26.3 Å². The van der Waals surface area contributed by atoms with Gasteiger partial charge < -0.3 is 20.1 Å². The van der Waals surface area contributed by atoms with Crippen LogP contribution in [-0.2, 0) is 11.2 Å². The maximum Gasteiger partial charge on any atom is 0.259 e. The zero-order valence-electron chi connectivity index (χ0n) is 13.0. The van der Waals surface area contributed by atoms with E-state index in [-0.39, 0.29) is 18.6 Å². The minimum atomic E-state index is -0.107. The summed E-state index contributed by atoms with van der Waals surface area (Å²) in [5.41, 5.74) is 6.89. The zero-order valence-corrected chi connectivity index (χ0v) is 14.6. The van der Waals surface area contributed by atoms with Crippen molar-refractivity contribution in [2.75, 3.05) is 27.3 Å². The second-order valence-electron chi connectivity index (χ2n) is 5.10. The van der Waals surface area contributed by atoms with Gasteiger partial charge in [0.2, 0.25) is 0 Å². The summed E-state index contributed by atoms with van der Waals surface area (Å²) in [7, 11) is 3.38. The average molecular weight is 359 g/mol. The van der Waals surface area contributed by atoms with Gasteiger partial charge in [-0.25, -0.2) is 0 Å². The molecular weight excluding hydrogens is 336 g/mol. The Labute approximate surface area is 134 Å². The normalized spacial score (nSPS) is 11.9. The number of amides is 1. The van der Waals surface area contributed by atoms with Crippen molar-refractivity contribution >= 4 is 21.8 Å². The number of benzene rings is 1. The van der Waals surface area contributed by atoms with Crippen LogP contribution in [0.1, 0.15) is 19.4 Å². The van der Waals surface area contributed by atoms with Gasteiger partial charge in [-0.15, -0.1) is 0 Å². The number of halogens is 1. The van der Waals surface area contributed by atoms with Gasteiger partial charge in [0.05, 0.1) is 11.1 Å². The van der Waals surface area contributed by atoms with E-state index in [1.54, 1.807) is 14.1 Å². The molecule has 1 atom stereocenters. The molecule has 1 unspecified atom stereocenters. The number of carbonyl (C=O) groups is 1. The molecular formula is C15H23BrN2O3. The highest BCUT2D eigenvalue weighted by atomic mass is 79.9. The molecule has 2 N–H and O–H groups in total. The molecule has 1 amide bonds. The van der Waals surface area contributed by atoms with Crippen LogP contribution in [0.4, 0.5) is 0 Å². The van der Waals surface area contributed by atoms with Crippen molar-refractivity contribution in [2.24, 2.45) is 5.73 Å². The van der Waals surface area contributed by atoms with E-state index in [2.05, 4.69) is 15.9 Å². The standard InChI is InChI=1S/C15H23BrN2O3/c1-5-20-13-8-11(6-10(2)17)7-12(16)15(13)21-9-14(19)18(3)4/h7-8,10H,5-6,9,17H2,1-4H3. The number of nitrogens with zero attached hydrogens (tertiary/aromatic N) is 1. The van der Waals surface area contributed by atoms with Gasteiger partial charge >= 0.3 is 0 Å². The first-order chi connectivity index (χ1) is 9.85. The van der Waals surface area contributed by atoms with E-state index in [9.17, 15) is 4.79 Å². The molecule has 0 bridgehead atoms. The lowest BCUT2D eigenvalue weighted by Crippen LogP contribution is -2.27. The molecule has 0 spiro atoms. The van der Waals surface area contributed by atoms with Crippen LogP contribution in [0.15, 0.2) is 16.6 Å². The van der Waals surface area contributed by atoms with Crippen molar-refractivity contribution in [3.05, 3.63) is 22.2 Å². The van der Waals surface area contributed by atoms with Gasteiger partial charge in [-0.1, -0.05) is 0 Å². The van der Waals surface area contributed by atoms with E-state index in [1.807, 2.05) is 26.0 Å².